The molecule has 0 aliphatic carbocycles. The van der Waals surface area contributed by atoms with Crippen molar-refractivity contribution in [2.24, 2.45) is 0 Å². The first-order valence-corrected chi connectivity index (χ1v) is 10.5. The summed E-state index contributed by atoms with van der Waals surface area (Å²) >= 11 is 3.49. The van der Waals surface area contributed by atoms with Gasteiger partial charge in [-0.25, -0.2) is 0 Å². The third kappa shape index (κ3) is 4.44. The average Bonchev–Trinajstić information content (AvgIpc) is 2.69. The quantitative estimate of drug-likeness (QED) is 0.681. The smallest absolute Gasteiger partial charge is 0.231 e. The number of rotatable bonds is 5. The lowest BCUT2D eigenvalue weighted by Crippen LogP contribution is -2.48. The first kappa shape index (κ1) is 20.1. The molecule has 0 spiro atoms. The van der Waals surface area contributed by atoms with Gasteiger partial charge in [0.1, 0.15) is 0 Å². The number of ether oxygens (including phenoxy) is 1. The molecule has 1 saturated heterocycles. The Balaban J connectivity index is 1.81. The zero-order chi connectivity index (χ0) is 19.4. The Morgan fingerprint density at radius 1 is 0.963 bits per heavy atom. The van der Waals surface area contributed by atoms with Gasteiger partial charge in [-0.2, -0.15) is 0 Å². The van der Waals surface area contributed by atoms with Crippen LogP contribution in [0.25, 0.3) is 0 Å². The summed E-state index contributed by atoms with van der Waals surface area (Å²) < 4.78 is 6.58. The van der Waals surface area contributed by atoms with E-state index in [1.807, 2.05) is 12.1 Å². The van der Waals surface area contributed by atoms with Gasteiger partial charge in [-0.15, -0.1) is 0 Å². The zero-order valence-electron chi connectivity index (χ0n) is 16.3. The molecule has 0 radical (unpaired) electrons. The molecule has 1 fully saturated rings. The molecule has 1 atom stereocenters. The van der Waals surface area contributed by atoms with Gasteiger partial charge in [-0.1, -0.05) is 66.2 Å². The molecule has 1 aliphatic rings. The third-order valence-electron chi connectivity index (χ3n) is 5.63. The van der Waals surface area contributed by atoms with E-state index in [0.717, 1.165) is 15.6 Å². The summed E-state index contributed by atoms with van der Waals surface area (Å²) in [5.74, 6) is 0.598. The van der Waals surface area contributed by atoms with Crippen LogP contribution in [0.3, 0.4) is 0 Å². The van der Waals surface area contributed by atoms with Crippen LogP contribution in [0.1, 0.15) is 62.3 Å². The molecule has 0 bridgehead atoms. The van der Waals surface area contributed by atoms with Gasteiger partial charge in [0.2, 0.25) is 5.91 Å². The molecule has 1 heterocycles. The van der Waals surface area contributed by atoms with E-state index >= 15 is 0 Å². The highest BCUT2D eigenvalue weighted by atomic mass is 79.9. The van der Waals surface area contributed by atoms with Crippen LogP contribution in [-0.4, -0.2) is 19.1 Å². The number of amides is 1. The van der Waals surface area contributed by atoms with E-state index in [9.17, 15) is 4.79 Å². The van der Waals surface area contributed by atoms with Crippen molar-refractivity contribution in [3.05, 3.63) is 69.7 Å². The highest BCUT2D eigenvalue weighted by Crippen LogP contribution is 2.36. The molecule has 1 N–H and O–H groups in total. The van der Waals surface area contributed by atoms with Crippen LogP contribution >= 0.6 is 15.9 Å². The molecule has 2 aromatic carbocycles. The van der Waals surface area contributed by atoms with Crippen LogP contribution in [0.15, 0.2) is 53.0 Å². The monoisotopic (exact) mass is 429 g/mol. The SMILES string of the molecule is CC(C)c1ccc(C(C)NC(=O)C2(c3ccc(Br)cc3)CCOCC2)cc1. The van der Waals surface area contributed by atoms with Crippen LogP contribution in [-0.2, 0) is 14.9 Å². The lowest BCUT2D eigenvalue weighted by atomic mass is 9.73. The van der Waals surface area contributed by atoms with Crippen LogP contribution in [0.2, 0.25) is 0 Å². The van der Waals surface area contributed by atoms with E-state index in [0.29, 0.717) is 32.0 Å². The fourth-order valence-corrected chi connectivity index (χ4v) is 3.99. The van der Waals surface area contributed by atoms with Crippen LogP contribution in [0.4, 0.5) is 0 Å². The van der Waals surface area contributed by atoms with Crippen molar-refractivity contribution in [3.63, 3.8) is 0 Å². The Labute approximate surface area is 170 Å². The topological polar surface area (TPSA) is 38.3 Å². The fraction of sp³-hybridized carbons (Fsp3) is 0.435. The molecule has 0 saturated carbocycles. The van der Waals surface area contributed by atoms with Gasteiger partial charge >= 0.3 is 0 Å². The number of halogens is 1. The minimum absolute atomic E-state index is 0.0334. The van der Waals surface area contributed by atoms with Crippen molar-refractivity contribution in [3.8, 4) is 0 Å². The van der Waals surface area contributed by atoms with Crippen molar-refractivity contribution in [1.29, 1.82) is 0 Å². The lowest BCUT2D eigenvalue weighted by Gasteiger charge is -2.37. The number of carbonyl (C=O) groups excluding carboxylic acids is 1. The molecule has 3 nitrogen and oxygen atoms in total. The number of benzene rings is 2. The third-order valence-corrected chi connectivity index (χ3v) is 6.16. The summed E-state index contributed by atoms with van der Waals surface area (Å²) in [4.78, 5) is 13.4. The predicted molar refractivity (Wildman–Crippen MR) is 113 cm³/mol. The maximum Gasteiger partial charge on any atom is 0.231 e. The second kappa shape index (κ2) is 8.57. The number of nitrogens with one attached hydrogen (secondary N) is 1. The minimum atomic E-state index is -0.523. The highest BCUT2D eigenvalue weighted by Gasteiger charge is 2.42. The van der Waals surface area contributed by atoms with E-state index in [-0.39, 0.29) is 11.9 Å². The van der Waals surface area contributed by atoms with Crippen molar-refractivity contribution < 1.29 is 9.53 Å². The van der Waals surface area contributed by atoms with E-state index < -0.39 is 5.41 Å². The number of hydrogen-bond donors (Lipinski definition) is 1. The Kier molecular flexibility index (Phi) is 6.38. The van der Waals surface area contributed by atoms with Gasteiger partial charge in [0, 0.05) is 17.7 Å². The van der Waals surface area contributed by atoms with E-state index in [2.05, 4.69) is 78.4 Å². The molecular weight excluding hydrogens is 402 g/mol. The molecule has 4 heteroatoms. The first-order chi connectivity index (χ1) is 12.9. The van der Waals surface area contributed by atoms with Crippen LogP contribution < -0.4 is 5.32 Å². The van der Waals surface area contributed by atoms with Crippen LogP contribution in [0, 0.1) is 0 Å². The average molecular weight is 430 g/mol. The lowest BCUT2D eigenvalue weighted by molar-refractivity contribution is -0.131. The molecule has 144 valence electrons. The standard InChI is InChI=1S/C23H28BrNO2/c1-16(2)18-4-6-19(7-5-18)17(3)25-22(26)23(12-14-27-15-13-23)20-8-10-21(24)11-9-20/h4-11,16-17H,12-15H2,1-3H3,(H,25,26). The maximum absolute atomic E-state index is 13.4. The van der Waals surface area contributed by atoms with Gasteiger partial charge in [-0.3, -0.25) is 4.79 Å². The molecule has 0 aromatic heterocycles. The predicted octanol–water partition coefficient (Wildman–Crippen LogP) is 5.50. The summed E-state index contributed by atoms with van der Waals surface area (Å²) in [6.07, 6.45) is 1.42. The second-order valence-electron chi connectivity index (χ2n) is 7.72. The summed E-state index contributed by atoms with van der Waals surface area (Å²) in [7, 11) is 0. The zero-order valence-corrected chi connectivity index (χ0v) is 17.9. The molecule has 1 aliphatic heterocycles. The van der Waals surface area contributed by atoms with Crippen molar-refractivity contribution in [2.45, 2.75) is 51.0 Å². The summed E-state index contributed by atoms with van der Waals surface area (Å²) in [5.41, 5.74) is 2.98. The summed E-state index contributed by atoms with van der Waals surface area (Å²) in [5, 5.41) is 3.26. The normalized spacial score (nSPS) is 17.5. The maximum atomic E-state index is 13.4. The molecule has 2 aromatic rings. The number of carbonyl (C=O) groups is 1. The fourth-order valence-electron chi connectivity index (χ4n) is 3.72. The van der Waals surface area contributed by atoms with Gasteiger partial charge in [0.05, 0.1) is 11.5 Å². The van der Waals surface area contributed by atoms with Crippen LogP contribution in [0.5, 0.6) is 0 Å². The summed E-state index contributed by atoms with van der Waals surface area (Å²) in [6, 6.07) is 16.6. The molecular formula is C23H28BrNO2. The Morgan fingerprint density at radius 3 is 2.07 bits per heavy atom. The second-order valence-corrected chi connectivity index (χ2v) is 8.63. The Morgan fingerprint density at radius 2 is 1.52 bits per heavy atom. The summed E-state index contributed by atoms with van der Waals surface area (Å²) in [6.45, 7) is 7.65. The van der Waals surface area contributed by atoms with Gasteiger partial charge in [0.15, 0.2) is 0 Å². The highest BCUT2D eigenvalue weighted by molar-refractivity contribution is 9.10. The van der Waals surface area contributed by atoms with Gasteiger partial charge in [-0.05, 0) is 54.5 Å². The van der Waals surface area contributed by atoms with Crippen molar-refractivity contribution in [1.82, 2.24) is 5.32 Å². The first-order valence-electron chi connectivity index (χ1n) is 9.67. The Bertz CT molecular complexity index is 762. The molecule has 1 unspecified atom stereocenters. The van der Waals surface area contributed by atoms with Gasteiger partial charge in [0.25, 0.3) is 0 Å². The van der Waals surface area contributed by atoms with E-state index in [4.69, 9.17) is 4.74 Å². The Hall–Kier alpha value is -1.65. The van der Waals surface area contributed by atoms with Crippen molar-refractivity contribution in [2.75, 3.05) is 13.2 Å². The molecule has 3 rings (SSSR count). The van der Waals surface area contributed by atoms with E-state index in [1.54, 1.807) is 0 Å². The molecule has 1 amide bonds. The van der Waals surface area contributed by atoms with Crippen molar-refractivity contribution >= 4 is 21.8 Å². The van der Waals surface area contributed by atoms with E-state index in [1.165, 1.54) is 5.56 Å². The molecule has 27 heavy (non-hydrogen) atoms. The minimum Gasteiger partial charge on any atom is -0.381 e. The van der Waals surface area contributed by atoms with Gasteiger partial charge < -0.3 is 10.1 Å². The largest absolute Gasteiger partial charge is 0.381 e. The number of hydrogen-bond acceptors (Lipinski definition) is 2.